The van der Waals surface area contributed by atoms with E-state index in [1.165, 1.54) is 5.56 Å². The van der Waals surface area contributed by atoms with Crippen LogP contribution >= 0.6 is 11.6 Å². The van der Waals surface area contributed by atoms with Crippen molar-refractivity contribution < 1.29 is 4.74 Å². The molecule has 2 N–H and O–H groups in total. The molecule has 14 heavy (non-hydrogen) atoms. The second-order valence-electron chi connectivity index (χ2n) is 3.40. The van der Waals surface area contributed by atoms with Gasteiger partial charge in [0.15, 0.2) is 0 Å². The van der Waals surface area contributed by atoms with E-state index in [1.54, 1.807) is 7.11 Å². The lowest BCUT2D eigenvalue weighted by molar-refractivity contribution is 0.411. The van der Waals surface area contributed by atoms with Crippen LogP contribution in [0.2, 0.25) is 5.02 Å². The number of methoxy groups -OCH3 is 1. The SMILES string of the molecule is COc1c(C)c(C)c(CN)c(C)c1Cl. The van der Waals surface area contributed by atoms with E-state index in [0.29, 0.717) is 11.6 Å². The molecule has 78 valence electrons. The smallest absolute Gasteiger partial charge is 0.140 e. The van der Waals surface area contributed by atoms with E-state index < -0.39 is 0 Å². The minimum atomic E-state index is 0.516. The van der Waals surface area contributed by atoms with E-state index in [2.05, 4.69) is 0 Å². The van der Waals surface area contributed by atoms with Crippen molar-refractivity contribution in [3.63, 3.8) is 0 Å². The van der Waals surface area contributed by atoms with Crippen molar-refractivity contribution in [2.24, 2.45) is 5.73 Å². The second-order valence-corrected chi connectivity index (χ2v) is 3.78. The van der Waals surface area contributed by atoms with Gasteiger partial charge in [0.25, 0.3) is 0 Å². The van der Waals surface area contributed by atoms with Gasteiger partial charge in [0, 0.05) is 6.54 Å². The number of hydrogen-bond donors (Lipinski definition) is 1. The van der Waals surface area contributed by atoms with E-state index in [9.17, 15) is 0 Å². The van der Waals surface area contributed by atoms with E-state index in [0.717, 1.165) is 22.4 Å². The number of hydrogen-bond acceptors (Lipinski definition) is 2. The Morgan fingerprint density at radius 3 is 2.14 bits per heavy atom. The van der Waals surface area contributed by atoms with E-state index in [1.807, 2.05) is 20.8 Å². The standard InChI is InChI=1S/C11H16ClNO/c1-6-7(2)11(14-4)10(12)8(3)9(6)5-13/h5,13H2,1-4H3. The molecule has 1 aromatic carbocycles. The summed E-state index contributed by atoms with van der Waals surface area (Å²) in [5, 5.41) is 0.677. The summed E-state index contributed by atoms with van der Waals surface area (Å²) in [6, 6.07) is 0. The van der Waals surface area contributed by atoms with Crippen molar-refractivity contribution in [1.82, 2.24) is 0 Å². The van der Waals surface area contributed by atoms with Crippen molar-refractivity contribution in [3.8, 4) is 5.75 Å². The summed E-state index contributed by atoms with van der Waals surface area (Å²) in [6.45, 7) is 6.53. The quantitative estimate of drug-likeness (QED) is 0.820. The van der Waals surface area contributed by atoms with Crippen LogP contribution in [0.5, 0.6) is 5.75 Å². The minimum absolute atomic E-state index is 0.516. The highest BCUT2D eigenvalue weighted by Gasteiger charge is 2.15. The summed E-state index contributed by atoms with van der Waals surface area (Å²) in [5.74, 6) is 0.763. The molecular weight excluding hydrogens is 198 g/mol. The molecule has 0 aliphatic carbocycles. The molecule has 0 saturated heterocycles. The maximum atomic E-state index is 6.17. The Morgan fingerprint density at radius 1 is 1.14 bits per heavy atom. The third kappa shape index (κ3) is 1.60. The molecule has 0 unspecified atom stereocenters. The topological polar surface area (TPSA) is 35.2 Å². The predicted octanol–water partition coefficient (Wildman–Crippen LogP) is 2.73. The molecule has 0 bridgehead atoms. The molecule has 2 nitrogen and oxygen atoms in total. The lowest BCUT2D eigenvalue weighted by Crippen LogP contribution is -2.06. The third-order valence-electron chi connectivity index (χ3n) is 2.75. The predicted molar refractivity (Wildman–Crippen MR) is 60.1 cm³/mol. The molecule has 0 fully saturated rings. The summed E-state index contributed by atoms with van der Waals surface area (Å²) in [6.07, 6.45) is 0. The van der Waals surface area contributed by atoms with Gasteiger partial charge in [0.05, 0.1) is 12.1 Å². The van der Waals surface area contributed by atoms with Crippen LogP contribution in [0.15, 0.2) is 0 Å². The zero-order chi connectivity index (χ0) is 10.9. The molecule has 1 rings (SSSR count). The average molecular weight is 214 g/mol. The summed E-state index contributed by atoms with van der Waals surface area (Å²) in [5.41, 5.74) is 10.1. The van der Waals surface area contributed by atoms with Gasteiger partial charge in [-0.05, 0) is 43.0 Å². The van der Waals surface area contributed by atoms with Crippen LogP contribution in [0.1, 0.15) is 22.3 Å². The molecule has 3 heteroatoms. The Balaban J connectivity index is 3.55. The Kier molecular flexibility index (Phi) is 3.40. The molecule has 0 saturated carbocycles. The van der Waals surface area contributed by atoms with Gasteiger partial charge in [0.2, 0.25) is 0 Å². The average Bonchev–Trinajstić information content (AvgIpc) is 2.17. The maximum absolute atomic E-state index is 6.17. The molecule has 0 spiro atoms. The van der Waals surface area contributed by atoms with Crippen LogP contribution in [0.4, 0.5) is 0 Å². The van der Waals surface area contributed by atoms with Crippen molar-refractivity contribution >= 4 is 11.6 Å². The summed E-state index contributed by atoms with van der Waals surface area (Å²) < 4.78 is 5.26. The zero-order valence-corrected chi connectivity index (χ0v) is 9.83. The minimum Gasteiger partial charge on any atom is -0.495 e. The first-order valence-electron chi connectivity index (χ1n) is 4.56. The molecule has 0 amide bonds. The Hall–Kier alpha value is -0.730. The first-order valence-corrected chi connectivity index (χ1v) is 4.94. The highest BCUT2D eigenvalue weighted by molar-refractivity contribution is 6.33. The van der Waals surface area contributed by atoms with E-state index >= 15 is 0 Å². The molecule has 0 aromatic heterocycles. The number of benzene rings is 1. The van der Waals surface area contributed by atoms with E-state index in [-0.39, 0.29) is 0 Å². The fraction of sp³-hybridized carbons (Fsp3) is 0.455. The molecular formula is C11H16ClNO. The fourth-order valence-electron chi connectivity index (χ4n) is 1.69. The van der Waals surface area contributed by atoms with Gasteiger partial charge in [-0.15, -0.1) is 0 Å². The largest absolute Gasteiger partial charge is 0.495 e. The van der Waals surface area contributed by atoms with Crippen molar-refractivity contribution in [3.05, 3.63) is 27.3 Å². The number of ether oxygens (including phenoxy) is 1. The van der Waals surface area contributed by atoms with Gasteiger partial charge in [-0.3, -0.25) is 0 Å². The molecule has 0 aliphatic heterocycles. The molecule has 0 heterocycles. The number of nitrogens with two attached hydrogens (primary N) is 1. The zero-order valence-electron chi connectivity index (χ0n) is 9.07. The second kappa shape index (κ2) is 4.20. The van der Waals surface area contributed by atoms with Gasteiger partial charge >= 0.3 is 0 Å². The Labute approximate surface area is 90.0 Å². The van der Waals surface area contributed by atoms with Crippen LogP contribution < -0.4 is 10.5 Å². The van der Waals surface area contributed by atoms with Crippen LogP contribution in [0.3, 0.4) is 0 Å². The lowest BCUT2D eigenvalue weighted by atomic mass is 9.97. The fourth-order valence-corrected chi connectivity index (χ4v) is 2.03. The lowest BCUT2D eigenvalue weighted by Gasteiger charge is -2.17. The third-order valence-corrected chi connectivity index (χ3v) is 3.20. The molecule has 0 aliphatic rings. The van der Waals surface area contributed by atoms with Crippen LogP contribution in [0.25, 0.3) is 0 Å². The number of halogens is 1. The normalized spacial score (nSPS) is 10.4. The van der Waals surface area contributed by atoms with Crippen LogP contribution in [-0.2, 0) is 6.54 Å². The highest BCUT2D eigenvalue weighted by atomic mass is 35.5. The Morgan fingerprint density at radius 2 is 1.71 bits per heavy atom. The van der Waals surface area contributed by atoms with Gasteiger partial charge in [-0.1, -0.05) is 11.6 Å². The highest BCUT2D eigenvalue weighted by Crippen LogP contribution is 2.36. The monoisotopic (exact) mass is 213 g/mol. The summed E-state index contributed by atoms with van der Waals surface area (Å²) in [7, 11) is 1.63. The van der Waals surface area contributed by atoms with Gasteiger partial charge < -0.3 is 10.5 Å². The summed E-state index contributed by atoms with van der Waals surface area (Å²) in [4.78, 5) is 0. The molecule has 0 atom stereocenters. The first kappa shape index (κ1) is 11.3. The van der Waals surface area contributed by atoms with Gasteiger partial charge in [0.1, 0.15) is 5.75 Å². The van der Waals surface area contributed by atoms with E-state index in [4.69, 9.17) is 22.1 Å². The maximum Gasteiger partial charge on any atom is 0.140 e. The van der Waals surface area contributed by atoms with Gasteiger partial charge in [-0.25, -0.2) is 0 Å². The molecule has 1 aromatic rings. The Bertz CT molecular complexity index is 297. The van der Waals surface area contributed by atoms with Crippen molar-refractivity contribution in [2.45, 2.75) is 27.3 Å². The van der Waals surface area contributed by atoms with Crippen LogP contribution in [0, 0.1) is 20.8 Å². The molecule has 0 radical (unpaired) electrons. The van der Waals surface area contributed by atoms with Crippen molar-refractivity contribution in [1.29, 1.82) is 0 Å². The first-order chi connectivity index (χ1) is 6.54. The van der Waals surface area contributed by atoms with Gasteiger partial charge in [-0.2, -0.15) is 0 Å². The van der Waals surface area contributed by atoms with Crippen LogP contribution in [-0.4, -0.2) is 7.11 Å². The number of rotatable bonds is 2. The van der Waals surface area contributed by atoms with Crippen molar-refractivity contribution in [2.75, 3.05) is 7.11 Å². The summed E-state index contributed by atoms with van der Waals surface area (Å²) >= 11 is 6.17.